The summed E-state index contributed by atoms with van der Waals surface area (Å²) in [4.78, 5) is 35.9. The number of nitrogens with zero attached hydrogens (tertiary/aromatic N) is 1. The van der Waals surface area contributed by atoms with Gasteiger partial charge in [-0.2, -0.15) is 0 Å². The van der Waals surface area contributed by atoms with Crippen molar-refractivity contribution in [3.63, 3.8) is 0 Å². The number of carboxylic acids is 1. The van der Waals surface area contributed by atoms with E-state index in [-0.39, 0.29) is 30.1 Å². The molecule has 0 radical (unpaired) electrons. The van der Waals surface area contributed by atoms with Crippen molar-refractivity contribution < 1.29 is 19.5 Å². The van der Waals surface area contributed by atoms with Crippen molar-refractivity contribution >= 4 is 17.8 Å². The Morgan fingerprint density at radius 3 is 2.33 bits per heavy atom. The second-order valence-corrected chi connectivity index (χ2v) is 6.09. The van der Waals surface area contributed by atoms with Gasteiger partial charge in [0.05, 0.1) is 0 Å². The van der Waals surface area contributed by atoms with E-state index < -0.39 is 5.97 Å². The van der Waals surface area contributed by atoms with E-state index in [2.05, 4.69) is 5.32 Å². The summed E-state index contributed by atoms with van der Waals surface area (Å²) in [6.07, 6.45) is 4.87. The molecule has 1 heterocycles. The number of hydrogen-bond donors (Lipinski definition) is 2. The molecule has 0 aromatic heterocycles. The van der Waals surface area contributed by atoms with Gasteiger partial charge >= 0.3 is 5.97 Å². The average Bonchev–Trinajstić information content (AvgIpc) is 3.28. The number of piperidine rings is 1. The maximum atomic E-state index is 12.0. The van der Waals surface area contributed by atoms with Crippen LogP contribution in [0.3, 0.4) is 0 Å². The lowest BCUT2D eigenvalue weighted by Gasteiger charge is -2.31. The first-order valence-corrected chi connectivity index (χ1v) is 7.83. The van der Waals surface area contributed by atoms with Gasteiger partial charge in [0, 0.05) is 38.4 Å². The lowest BCUT2D eigenvalue weighted by Crippen LogP contribution is -2.39. The molecule has 1 saturated heterocycles. The van der Waals surface area contributed by atoms with Gasteiger partial charge in [-0.1, -0.05) is 0 Å². The molecule has 2 amide bonds. The van der Waals surface area contributed by atoms with Crippen LogP contribution in [0.1, 0.15) is 44.9 Å². The van der Waals surface area contributed by atoms with Crippen molar-refractivity contribution in [2.24, 2.45) is 11.8 Å². The molecule has 0 atom stereocenters. The number of carboxylic acid groups (broad SMARTS) is 1. The van der Waals surface area contributed by atoms with Crippen LogP contribution in [0.25, 0.3) is 0 Å². The van der Waals surface area contributed by atoms with Gasteiger partial charge < -0.3 is 15.3 Å². The third kappa shape index (κ3) is 5.36. The molecule has 2 fully saturated rings. The number of amides is 2. The smallest absolute Gasteiger partial charge is 0.303 e. The second kappa shape index (κ2) is 7.43. The first-order chi connectivity index (χ1) is 10.1. The summed E-state index contributed by atoms with van der Waals surface area (Å²) >= 11 is 0. The maximum Gasteiger partial charge on any atom is 0.303 e. The van der Waals surface area contributed by atoms with Gasteiger partial charge in [0.25, 0.3) is 0 Å². The summed E-state index contributed by atoms with van der Waals surface area (Å²) in [5.41, 5.74) is 0. The molecule has 0 bridgehead atoms. The van der Waals surface area contributed by atoms with Crippen LogP contribution in [0.4, 0.5) is 0 Å². The van der Waals surface area contributed by atoms with Crippen molar-refractivity contribution in [1.29, 1.82) is 0 Å². The molecule has 6 nitrogen and oxygen atoms in total. The minimum atomic E-state index is -0.758. The molecule has 0 aromatic carbocycles. The van der Waals surface area contributed by atoms with E-state index in [1.165, 1.54) is 0 Å². The zero-order valence-corrected chi connectivity index (χ0v) is 12.3. The van der Waals surface area contributed by atoms with Crippen LogP contribution in [0.15, 0.2) is 0 Å². The van der Waals surface area contributed by atoms with Crippen LogP contribution in [0.2, 0.25) is 0 Å². The molecule has 6 heteroatoms. The number of rotatable bonds is 7. The van der Waals surface area contributed by atoms with Crippen molar-refractivity contribution in [3.05, 3.63) is 0 Å². The highest BCUT2D eigenvalue weighted by Gasteiger charge is 2.29. The Hall–Kier alpha value is -1.59. The Balaban J connectivity index is 1.56. The van der Waals surface area contributed by atoms with Crippen LogP contribution in [-0.2, 0) is 14.4 Å². The maximum absolute atomic E-state index is 12.0. The monoisotopic (exact) mass is 296 g/mol. The Bertz CT molecular complexity index is 398. The van der Waals surface area contributed by atoms with Crippen molar-refractivity contribution in [2.45, 2.75) is 44.9 Å². The van der Waals surface area contributed by atoms with Crippen molar-refractivity contribution in [1.82, 2.24) is 10.2 Å². The lowest BCUT2D eigenvalue weighted by atomic mass is 9.93. The van der Waals surface area contributed by atoms with Gasteiger partial charge in [-0.25, -0.2) is 0 Å². The quantitative estimate of drug-likeness (QED) is 0.686. The van der Waals surface area contributed by atoms with E-state index >= 15 is 0 Å². The van der Waals surface area contributed by atoms with Gasteiger partial charge in [0.15, 0.2) is 0 Å². The molecular weight excluding hydrogens is 272 g/mol. The molecular formula is C15H24N2O4. The Kier molecular flexibility index (Phi) is 5.59. The van der Waals surface area contributed by atoms with Crippen LogP contribution in [0.5, 0.6) is 0 Å². The average molecular weight is 296 g/mol. The van der Waals surface area contributed by atoms with E-state index in [1.807, 2.05) is 4.90 Å². The fourth-order valence-corrected chi connectivity index (χ4v) is 2.73. The third-order valence-electron chi connectivity index (χ3n) is 4.25. The number of hydrogen-bond acceptors (Lipinski definition) is 3. The molecule has 0 aromatic rings. The minimum Gasteiger partial charge on any atom is -0.481 e. The Morgan fingerprint density at radius 1 is 1.10 bits per heavy atom. The largest absolute Gasteiger partial charge is 0.481 e. The predicted molar refractivity (Wildman–Crippen MR) is 76.5 cm³/mol. The van der Waals surface area contributed by atoms with E-state index in [4.69, 9.17) is 5.11 Å². The van der Waals surface area contributed by atoms with Crippen molar-refractivity contribution in [2.75, 3.05) is 19.6 Å². The molecule has 1 aliphatic carbocycles. The number of aliphatic carboxylic acids is 1. The van der Waals surface area contributed by atoms with Gasteiger partial charge in [0.2, 0.25) is 11.8 Å². The number of nitrogens with one attached hydrogen (secondary N) is 1. The zero-order chi connectivity index (χ0) is 15.2. The van der Waals surface area contributed by atoms with E-state index in [1.54, 1.807) is 0 Å². The number of carbonyl (C=O) groups is 3. The highest BCUT2D eigenvalue weighted by Crippen LogP contribution is 2.28. The first-order valence-electron chi connectivity index (χ1n) is 7.83. The predicted octanol–water partition coefficient (Wildman–Crippen LogP) is 1.01. The fraction of sp³-hybridized carbons (Fsp3) is 0.800. The summed E-state index contributed by atoms with van der Waals surface area (Å²) < 4.78 is 0. The third-order valence-corrected chi connectivity index (χ3v) is 4.25. The van der Waals surface area contributed by atoms with Crippen molar-refractivity contribution in [3.8, 4) is 0 Å². The Labute approximate surface area is 124 Å². The molecule has 21 heavy (non-hydrogen) atoms. The minimum absolute atomic E-state index is 0.115. The standard InChI is InChI=1S/C15H24N2O4/c18-13(2-1-7-16-15(21)12-3-4-12)17-8-5-11(6-9-17)10-14(19)20/h11-12H,1-10H2,(H,16,21)(H,19,20). The molecule has 1 aliphatic heterocycles. The molecule has 0 spiro atoms. The normalized spacial score (nSPS) is 19.3. The fourth-order valence-electron chi connectivity index (χ4n) is 2.73. The van der Waals surface area contributed by atoms with Crippen LogP contribution in [-0.4, -0.2) is 47.4 Å². The van der Waals surface area contributed by atoms with E-state index in [9.17, 15) is 14.4 Å². The van der Waals surface area contributed by atoms with Crippen LogP contribution < -0.4 is 5.32 Å². The topological polar surface area (TPSA) is 86.7 Å². The molecule has 2 rings (SSSR count). The van der Waals surface area contributed by atoms with E-state index in [0.717, 1.165) is 25.7 Å². The van der Waals surface area contributed by atoms with E-state index in [0.29, 0.717) is 32.5 Å². The van der Waals surface area contributed by atoms with Gasteiger partial charge in [-0.05, 0) is 38.0 Å². The lowest BCUT2D eigenvalue weighted by molar-refractivity contribution is -0.138. The first kappa shape index (κ1) is 15.8. The summed E-state index contributed by atoms with van der Waals surface area (Å²) in [7, 11) is 0. The summed E-state index contributed by atoms with van der Waals surface area (Å²) in [6.45, 7) is 1.88. The Morgan fingerprint density at radius 2 is 1.76 bits per heavy atom. The van der Waals surface area contributed by atoms with Crippen LogP contribution >= 0.6 is 0 Å². The zero-order valence-electron chi connectivity index (χ0n) is 12.3. The number of carbonyl (C=O) groups excluding carboxylic acids is 2. The second-order valence-electron chi connectivity index (χ2n) is 6.09. The molecule has 2 N–H and O–H groups in total. The molecule has 118 valence electrons. The van der Waals surface area contributed by atoms with Gasteiger partial charge in [0.1, 0.15) is 0 Å². The SMILES string of the molecule is O=C(O)CC1CCN(C(=O)CCCNC(=O)C2CC2)CC1. The highest BCUT2D eigenvalue weighted by atomic mass is 16.4. The summed E-state index contributed by atoms with van der Waals surface area (Å²) in [5, 5.41) is 11.6. The van der Waals surface area contributed by atoms with Gasteiger partial charge in [-0.3, -0.25) is 14.4 Å². The summed E-state index contributed by atoms with van der Waals surface area (Å²) in [6, 6.07) is 0. The van der Waals surface area contributed by atoms with Crippen LogP contribution in [0, 0.1) is 11.8 Å². The molecule has 1 saturated carbocycles. The molecule has 2 aliphatic rings. The summed E-state index contributed by atoms with van der Waals surface area (Å²) in [5.74, 6) is -0.106. The van der Waals surface area contributed by atoms with Gasteiger partial charge in [-0.15, -0.1) is 0 Å². The highest BCUT2D eigenvalue weighted by molar-refractivity contribution is 5.81. The number of likely N-dealkylation sites (tertiary alicyclic amines) is 1. The molecule has 0 unspecified atom stereocenters.